The van der Waals surface area contributed by atoms with Gasteiger partial charge >= 0.3 is 0 Å². The highest BCUT2D eigenvalue weighted by Crippen LogP contribution is 1.75. The number of pyridine rings is 12. The molecule has 0 aliphatic carbocycles. The number of rotatable bonds is 0. The quantitative estimate of drug-likeness (QED) is 0.101. The molecule has 0 amide bonds. The van der Waals surface area contributed by atoms with E-state index < -0.39 is 44.4 Å². The third-order valence-corrected chi connectivity index (χ3v) is 7.29. The van der Waals surface area contributed by atoms with E-state index in [9.17, 15) is 25.9 Å². The van der Waals surface area contributed by atoms with Crippen molar-refractivity contribution in [2.45, 2.75) is 0 Å². The number of aromatic amines is 12. The van der Waals surface area contributed by atoms with Crippen molar-refractivity contribution in [2.75, 3.05) is 0 Å². The first-order chi connectivity index (χ1) is 46.4. The zero-order chi connectivity index (χ0) is 72.4. The first-order valence-electron chi connectivity index (χ1n) is 27.1. The average molecular weight is 1330 g/mol. The Bertz CT molecular complexity index is 1950. The van der Waals surface area contributed by atoms with Crippen molar-refractivity contribution in [1.29, 1.82) is 0 Å². The summed E-state index contributed by atoms with van der Waals surface area (Å²) in [6, 6.07) is 70.3. The molecular weight excluding hydrogens is 1260 g/mol. The van der Waals surface area contributed by atoms with E-state index in [1.54, 1.807) is 0 Å². The molecule has 12 rings (SSSR count). The van der Waals surface area contributed by atoms with Crippen LogP contribution in [0.15, 0.2) is 367 Å². The van der Waals surface area contributed by atoms with Crippen molar-refractivity contribution < 1.29 is 146 Å². The molecule has 0 spiro atoms. The lowest BCUT2D eigenvalue weighted by Gasteiger charge is -2.09. The fourth-order valence-electron chi connectivity index (χ4n) is 4.10. The van der Waals surface area contributed by atoms with Gasteiger partial charge < -0.3 is 86.2 Å². The second-order valence-electron chi connectivity index (χ2n) is 14.6. The summed E-state index contributed by atoms with van der Waals surface area (Å²) in [5.41, 5.74) is 0. The number of H-pyrrole nitrogens is 12. The van der Waals surface area contributed by atoms with Gasteiger partial charge in [-0.25, -0.2) is 59.8 Å². The van der Waals surface area contributed by atoms with E-state index in [-0.39, 0.29) is 0 Å². The van der Waals surface area contributed by atoms with Crippen LogP contribution in [-0.2, 0) is 0 Å². The fourth-order valence-corrected chi connectivity index (χ4v) is 4.10. The van der Waals surface area contributed by atoms with Crippen LogP contribution in [0.25, 0.3) is 0 Å². The van der Waals surface area contributed by atoms with Crippen molar-refractivity contribution in [3.8, 4) is 0 Å². The summed E-state index contributed by atoms with van der Waals surface area (Å²) >= 11 is 0. The van der Waals surface area contributed by atoms with Crippen LogP contribution in [0.1, 0.15) is 0 Å². The van der Waals surface area contributed by atoms with Crippen molar-refractivity contribution in [1.82, 2.24) is 0 Å². The molecule has 12 heterocycles. The summed E-state index contributed by atoms with van der Waals surface area (Å²) < 4.78 is 59.3. The van der Waals surface area contributed by atoms with E-state index in [1.165, 1.54) is 0 Å². The molecule has 12 aromatic heterocycles. The normalized spacial score (nSPS) is 7.69. The zero-order valence-electron chi connectivity index (χ0n) is 51.3. The molecular formula is C60H72B6F6N12O12. The molecule has 12 aromatic rings. The Balaban J connectivity index is -0.000000224. The van der Waals surface area contributed by atoms with Crippen LogP contribution in [0.3, 0.4) is 0 Å². The number of hydrogen-bond acceptors (Lipinski definition) is 12. The number of aromatic nitrogens is 12. The predicted octanol–water partition coefficient (Wildman–Crippen LogP) is -8.02. The first-order valence-corrected chi connectivity index (χ1v) is 27.1. The third-order valence-electron chi connectivity index (χ3n) is 7.29. The lowest BCUT2D eigenvalue weighted by Crippen LogP contribution is -2.39. The topological polar surface area (TPSA) is 446 Å². The van der Waals surface area contributed by atoms with Crippen LogP contribution in [0, 0.1) is 0 Å². The summed E-state index contributed by atoms with van der Waals surface area (Å²) in [6.07, 6.45) is 45.0. The molecule has 0 saturated carbocycles. The Hall–Kier alpha value is -10.7. The highest BCUT2D eigenvalue weighted by molar-refractivity contribution is 6.28. The Morgan fingerprint density at radius 3 is 0.167 bits per heavy atom. The number of halogens is 6. The highest BCUT2D eigenvalue weighted by Gasteiger charge is 1.73. The average Bonchev–Trinajstić information content (AvgIpc) is 3.64. The maximum absolute atomic E-state index is 9.89. The molecule has 504 valence electrons. The van der Waals surface area contributed by atoms with Gasteiger partial charge in [0.05, 0.1) is 0 Å². The van der Waals surface area contributed by atoms with Crippen LogP contribution in [-0.4, -0.2) is 44.4 Å². The lowest BCUT2D eigenvalue weighted by molar-refractivity contribution is -0.378. The van der Waals surface area contributed by atoms with E-state index in [2.05, 4.69) is 59.8 Å². The van der Waals surface area contributed by atoms with Gasteiger partial charge in [-0.15, -0.1) is 0 Å². The summed E-state index contributed by atoms with van der Waals surface area (Å²) in [6.45, 7) is 0. The third kappa shape index (κ3) is 150. The van der Waals surface area contributed by atoms with Gasteiger partial charge in [0.25, 0.3) is 0 Å². The molecule has 36 heteroatoms. The van der Waals surface area contributed by atoms with Gasteiger partial charge in [0.2, 0.25) is 0 Å². The first kappa shape index (κ1) is 96.4. The summed E-state index contributed by atoms with van der Waals surface area (Å²) in [7, 11) is -19.0. The molecule has 0 fully saturated rings. The molecule has 0 aliphatic heterocycles. The van der Waals surface area contributed by atoms with E-state index in [1.807, 2.05) is 367 Å². The second-order valence-corrected chi connectivity index (χ2v) is 14.6. The van der Waals surface area contributed by atoms with E-state index >= 15 is 0 Å². The Kier molecular flexibility index (Phi) is 93.4. The van der Waals surface area contributed by atoms with Gasteiger partial charge in [0.15, 0.2) is 149 Å². The molecule has 0 aromatic carbocycles. The van der Waals surface area contributed by atoms with Gasteiger partial charge in [-0.05, 0) is 0 Å². The molecule has 0 aliphatic rings. The molecule has 0 saturated heterocycles. The van der Waals surface area contributed by atoms with Crippen LogP contribution in [0.2, 0.25) is 0 Å². The molecule has 24 nitrogen and oxygen atoms in total. The van der Waals surface area contributed by atoms with Crippen LogP contribution < -0.4 is 120 Å². The van der Waals surface area contributed by atoms with Gasteiger partial charge in [0, 0.05) is 146 Å². The van der Waals surface area contributed by atoms with Crippen molar-refractivity contribution in [3.63, 3.8) is 0 Å². The van der Waals surface area contributed by atoms with Crippen LogP contribution >= 0.6 is 0 Å². The Labute approximate surface area is 555 Å². The maximum atomic E-state index is 9.89. The van der Waals surface area contributed by atoms with Crippen LogP contribution in [0.4, 0.5) is 25.9 Å². The van der Waals surface area contributed by atoms with Gasteiger partial charge in [-0.2, -0.15) is 0 Å². The molecule has 0 bridgehead atoms. The molecule has 0 radical (unpaired) electrons. The van der Waals surface area contributed by atoms with Gasteiger partial charge in [-0.1, -0.05) is 72.8 Å². The fraction of sp³-hybridized carbons (Fsp3) is 0. The number of nitrogens with one attached hydrogen (secondary N) is 12. The Morgan fingerprint density at radius 2 is 0.156 bits per heavy atom. The standard InChI is InChI=1S/12C5H5N.6BFO2/c12*1-2-4-6-5-3-1;6*2-1(3)4/h12*1-5H;;;;;;/q;;;;;;;;;;;;6*-2/p+12. The summed E-state index contributed by atoms with van der Waals surface area (Å²) in [5, 5.41) is 99.7. The minimum atomic E-state index is -3.17. The molecule has 0 unspecified atom stereocenters. The highest BCUT2D eigenvalue weighted by atomic mass is 19.1. The zero-order valence-corrected chi connectivity index (χ0v) is 51.3. The van der Waals surface area contributed by atoms with E-state index in [0.29, 0.717) is 0 Å². The van der Waals surface area contributed by atoms with E-state index in [4.69, 9.17) is 60.3 Å². The minimum Gasteiger partial charge on any atom is -0.867 e. The predicted molar refractivity (Wildman–Crippen MR) is 317 cm³/mol. The van der Waals surface area contributed by atoms with Gasteiger partial charge in [-0.3, -0.25) is 0 Å². The molecule has 12 N–H and O–H groups in total. The van der Waals surface area contributed by atoms with E-state index in [0.717, 1.165) is 0 Å². The smallest absolute Gasteiger partial charge is 0.166 e. The Morgan fingerprint density at radius 1 is 0.115 bits per heavy atom. The maximum Gasteiger partial charge on any atom is 0.166 e. The minimum absolute atomic E-state index is 1.88. The van der Waals surface area contributed by atoms with Crippen molar-refractivity contribution in [3.05, 3.63) is 367 Å². The SMILES string of the molecule is [O-]B([O-])F.[O-]B([O-])F.[O-]B([O-])F.[O-]B([O-])F.[O-]B([O-])F.[O-]B([O-])F.c1cc[nH+]cc1.c1cc[nH+]cc1.c1cc[nH+]cc1.c1cc[nH+]cc1.c1cc[nH+]cc1.c1cc[nH+]cc1.c1cc[nH+]cc1.c1cc[nH+]cc1.c1cc[nH+]cc1.c1cc[nH+]cc1.c1cc[nH+]cc1.c1cc[nH+]cc1. The van der Waals surface area contributed by atoms with Crippen LogP contribution in [0.5, 0.6) is 0 Å². The molecule has 0 atom stereocenters. The molecule has 96 heavy (non-hydrogen) atoms. The summed E-state index contributed by atoms with van der Waals surface area (Å²) in [5.74, 6) is 0. The van der Waals surface area contributed by atoms with Crippen molar-refractivity contribution in [2.24, 2.45) is 0 Å². The second kappa shape index (κ2) is 93.0. The summed E-state index contributed by atoms with van der Waals surface area (Å²) in [4.78, 5) is 34.7. The van der Waals surface area contributed by atoms with Gasteiger partial charge in [0.1, 0.15) is 44.4 Å². The number of hydrogen-bond donors (Lipinski definition) is 0. The van der Waals surface area contributed by atoms with Crippen molar-refractivity contribution >= 4 is 44.4 Å². The largest absolute Gasteiger partial charge is 0.867 e. The monoisotopic (exact) mass is 1330 g/mol. The lowest BCUT2D eigenvalue weighted by atomic mass is 10.3.